The van der Waals surface area contributed by atoms with Crippen molar-refractivity contribution in [2.24, 2.45) is 5.92 Å². The van der Waals surface area contributed by atoms with Crippen molar-refractivity contribution in [1.29, 1.82) is 0 Å². The molecule has 0 amide bonds. The Kier molecular flexibility index (Phi) is 5.10. The van der Waals surface area contributed by atoms with E-state index < -0.39 is 11.0 Å². The van der Waals surface area contributed by atoms with Gasteiger partial charge in [0.15, 0.2) is 5.82 Å². The zero-order valence-electron chi connectivity index (χ0n) is 16.1. The first-order valence-corrected chi connectivity index (χ1v) is 9.19. The van der Waals surface area contributed by atoms with Crippen LogP contribution in [0, 0.1) is 5.92 Å². The first-order chi connectivity index (χ1) is 12.7. The van der Waals surface area contributed by atoms with Crippen LogP contribution in [0.4, 0.5) is 0 Å². The summed E-state index contributed by atoms with van der Waals surface area (Å²) in [7, 11) is 0. The zero-order chi connectivity index (χ0) is 19.8. The van der Waals surface area contributed by atoms with Crippen LogP contribution in [0.1, 0.15) is 46.0 Å². The predicted octanol–water partition coefficient (Wildman–Crippen LogP) is 3.67. The van der Waals surface area contributed by atoms with E-state index in [2.05, 4.69) is 41.0 Å². The minimum absolute atomic E-state index is 0.0296. The number of pyridine rings is 1. The molecular formula is C19H24ClN5O2. The van der Waals surface area contributed by atoms with Gasteiger partial charge in [0, 0.05) is 12.4 Å². The fourth-order valence-electron chi connectivity index (χ4n) is 2.79. The Balaban J connectivity index is 1.99. The Morgan fingerprint density at radius 2 is 1.96 bits per heavy atom. The second-order valence-corrected chi connectivity index (χ2v) is 8.18. The number of aliphatic hydroxyl groups excluding tert-OH is 1. The molecule has 0 aliphatic carbocycles. The Labute approximate surface area is 163 Å². The molecule has 0 aliphatic rings. The highest BCUT2D eigenvalue weighted by molar-refractivity contribution is 6.29. The second kappa shape index (κ2) is 7.05. The molecule has 7 nitrogen and oxygen atoms in total. The fraction of sp³-hybridized carbons (Fsp3) is 0.474. The van der Waals surface area contributed by atoms with Crippen molar-refractivity contribution >= 4 is 11.6 Å². The van der Waals surface area contributed by atoms with E-state index in [0.29, 0.717) is 22.4 Å². The highest BCUT2D eigenvalue weighted by Crippen LogP contribution is 2.38. The van der Waals surface area contributed by atoms with Crippen molar-refractivity contribution < 1.29 is 9.63 Å². The lowest BCUT2D eigenvalue weighted by atomic mass is 9.73. The minimum Gasteiger partial charge on any atom is -0.394 e. The topological polar surface area (TPSA) is 89.9 Å². The number of nitrogens with zero attached hydrogens (tertiary/aromatic N) is 5. The molecule has 3 rings (SSSR count). The summed E-state index contributed by atoms with van der Waals surface area (Å²) in [5.74, 6) is 1.16. The molecular weight excluding hydrogens is 366 g/mol. The minimum atomic E-state index is -0.511. The van der Waals surface area contributed by atoms with Crippen LogP contribution in [0.2, 0.25) is 5.15 Å². The van der Waals surface area contributed by atoms with Crippen LogP contribution in [0.15, 0.2) is 35.2 Å². The molecule has 0 aromatic carbocycles. The van der Waals surface area contributed by atoms with Gasteiger partial charge in [0.2, 0.25) is 0 Å². The summed E-state index contributed by atoms with van der Waals surface area (Å²) in [5, 5.41) is 18.5. The quantitative estimate of drug-likeness (QED) is 0.647. The number of hydrogen-bond acceptors (Lipinski definition) is 6. The van der Waals surface area contributed by atoms with Crippen LogP contribution in [-0.4, -0.2) is 36.6 Å². The molecule has 0 bridgehead atoms. The number of hydrogen-bond donors (Lipinski definition) is 1. The van der Waals surface area contributed by atoms with E-state index in [9.17, 15) is 5.11 Å². The molecule has 1 atom stereocenters. The number of aromatic nitrogens is 5. The van der Waals surface area contributed by atoms with E-state index >= 15 is 0 Å². The molecule has 3 aromatic rings. The van der Waals surface area contributed by atoms with Gasteiger partial charge in [-0.2, -0.15) is 10.1 Å². The third-order valence-electron chi connectivity index (χ3n) is 5.21. The van der Waals surface area contributed by atoms with E-state index in [1.807, 2.05) is 19.9 Å². The molecule has 0 radical (unpaired) electrons. The highest BCUT2D eigenvalue weighted by atomic mass is 35.5. The summed E-state index contributed by atoms with van der Waals surface area (Å²) in [4.78, 5) is 8.84. The summed E-state index contributed by atoms with van der Waals surface area (Å²) in [6.45, 7) is 10.0. The van der Waals surface area contributed by atoms with Crippen molar-refractivity contribution in [1.82, 2.24) is 24.9 Å². The molecule has 3 heterocycles. The lowest BCUT2D eigenvalue weighted by Crippen LogP contribution is -2.31. The van der Waals surface area contributed by atoms with E-state index in [0.717, 1.165) is 5.56 Å². The molecule has 0 aliphatic heterocycles. The Hall–Kier alpha value is -2.25. The number of aliphatic hydroxyl groups is 1. The summed E-state index contributed by atoms with van der Waals surface area (Å²) >= 11 is 5.93. The van der Waals surface area contributed by atoms with Gasteiger partial charge in [-0.3, -0.25) is 4.68 Å². The molecule has 144 valence electrons. The summed E-state index contributed by atoms with van der Waals surface area (Å²) in [6.07, 6.45) is 5.20. The van der Waals surface area contributed by atoms with Crippen molar-refractivity contribution in [3.63, 3.8) is 0 Å². The summed E-state index contributed by atoms with van der Waals surface area (Å²) < 4.78 is 7.22. The number of rotatable bonds is 6. The fourth-order valence-corrected chi connectivity index (χ4v) is 2.90. The summed E-state index contributed by atoms with van der Waals surface area (Å²) in [6, 6.07) is 3.70. The number of halogens is 1. The van der Waals surface area contributed by atoms with Crippen LogP contribution in [0.5, 0.6) is 0 Å². The monoisotopic (exact) mass is 389 g/mol. The van der Waals surface area contributed by atoms with Gasteiger partial charge < -0.3 is 9.63 Å². The SMILES string of the molecule is CC(C)C(C)(c1ccc(Cl)nc1)c1noc(-c2cnn(C(C)(C)CO)c2)n1. The van der Waals surface area contributed by atoms with E-state index in [1.54, 1.807) is 29.3 Å². The van der Waals surface area contributed by atoms with Crippen molar-refractivity contribution in [2.75, 3.05) is 6.61 Å². The van der Waals surface area contributed by atoms with Gasteiger partial charge >= 0.3 is 0 Å². The Morgan fingerprint density at radius 1 is 1.22 bits per heavy atom. The first kappa shape index (κ1) is 19.5. The van der Waals surface area contributed by atoms with E-state index in [-0.39, 0.29) is 12.5 Å². The van der Waals surface area contributed by atoms with Gasteiger partial charge in [0.1, 0.15) is 5.15 Å². The third-order valence-corrected chi connectivity index (χ3v) is 5.43. The normalized spacial score (nSPS) is 14.5. The lowest BCUT2D eigenvalue weighted by Gasteiger charge is -2.30. The molecule has 1 N–H and O–H groups in total. The molecule has 0 spiro atoms. The maximum atomic E-state index is 9.52. The molecule has 1 unspecified atom stereocenters. The molecule has 8 heteroatoms. The average molecular weight is 390 g/mol. The van der Waals surface area contributed by atoms with Crippen LogP contribution in [0.25, 0.3) is 11.5 Å². The van der Waals surface area contributed by atoms with Gasteiger partial charge in [0.05, 0.1) is 29.3 Å². The van der Waals surface area contributed by atoms with Crippen molar-refractivity contribution in [2.45, 2.75) is 45.6 Å². The maximum absolute atomic E-state index is 9.52. The Morgan fingerprint density at radius 3 is 2.56 bits per heavy atom. The standard InChI is InChI=1S/C19H24ClN5O2/c1-12(2)19(5,14-6-7-15(20)21-9-14)17-23-16(27-24-17)13-8-22-25(10-13)18(3,4)11-26/h6-10,12,26H,11H2,1-5H3. The molecule has 0 fully saturated rings. The van der Waals surface area contributed by atoms with Crippen LogP contribution in [-0.2, 0) is 11.0 Å². The highest BCUT2D eigenvalue weighted by Gasteiger charge is 2.38. The van der Waals surface area contributed by atoms with Gasteiger partial charge in [0.25, 0.3) is 5.89 Å². The second-order valence-electron chi connectivity index (χ2n) is 7.79. The van der Waals surface area contributed by atoms with Gasteiger partial charge in [-0.05, 0) is 38.3 Å². The van der Waals surface area contributed by atoms with E-state index in [1.165, 1.54) is 0 Å². The van der Waals surface area contributed by atoms with Crippen LogP contribution in [0.3, 0.4) is 0 Å². The molecule has 0 saturated carbocycles. The molecule has 3 aromatic heterocycles. The van der Waals surface area contributed by atoms with E-state index in [4.69, 9.17) is 16.1 Å². The molecule has 27 heavy (non-hydrogen) atoms. The smallest absolute Gasteiger partial charge is 0.261 e. The van der Waals surface area contributed by atoms with Crippen LogP contribution >= 0.6 is 11.6 Å². The predicted molar refractivity (Wildman–Crippen MR) is 102 cm³/mol. The third kappa shape index (κ3) is 3.49. The lowest BCUT2D eigenvalue weighted by molar-refractivity contribution is 0.152. The first-order valence-electron chi connectivity index (χ1n) is 8.81. The maximum Gasteiger partial charge on any atom is 0.261 e. The van der Waals surface area contributed by atoms with Crippen molar-refractivity contribution in [3.8, 4) is 11.5 Å². The average Bonchev–Trinajstić information content (AvgIpc) is 3.31. The van der Waals surface area contributed by atoms with Gasteiger partial charge in [-0.25, -0.2) is 4.98 Å². The van der Waals surface area contributed by atoms with Crippen LogP contribution < -0.4 is 0 Å². The van der Waals surface area contributed by atoms with Gasteiger partial charge in [-0.15, -0.1) is 0 Å². The largest absolute Gasteiger partial charge is 0.394 e. The Bertz CT molecular complexity index is 916. The molecule has 0 saturated heterocycles. The zero-order valence-corrected chi connectivity index (χ0v) is 16.9. The summed E-state index contributed by atoms with van der Waals surface area (Å²) in [5.41, 5.74) is 0.671. The van der Waals surface area contributed by atoms with Crippen molar-refractivity contribution in [3.05, 3.63) is 47.3 Å². The van der Waals surface area contributed by atoms with Gasteiger partial charge in [-0.1, -0.05) is 36.7 Å².